The van der Waals surface area contributed by atoms with Crippen molar-refractivity contribution in [2.45, 2.75) is 12.5 Å². The van der Waals surface area contributed by atoms with Gasteiger partial charge in [0.1, 0.15) is 0 Å². The summed E-state index contributed by atoms with van der Waals surface area (Å²) < 4.78 is 10.2. The zero-order valence-corrected chi connectivity index (χ0v) is 22.4. The fourth-order valence-corrected chi connectivity index (χ4v) is 4.77. The predicted octanol–water partition coefficient (Wildman–Crippen LogP) is 6.84. The lowest BCUT2D eigenvalue weighted by atomic mass is 9.90. The summed E-state index contributed by atoms with van der Waals surface area (Å²) in [6.07, 6.45) is 1.90. The van der Waals surface area contributed by atoms with Gasteiger partial charge in [-0.1, -0.05) is 84.9 Å². The molecule has 4 aromatic carbocycles. The summed E-state index contributed by atoms with van der Waals surface area (Å²) in [6.45, 7) is 0. The number of carbonyl (C=O) groups is 2. The van der Waals surface area contributed by atoms with E-state index in [0.717, 1.165) is 33.6 Å². The first-order chi connectivity index (χ1) is 19.6. The lowest BCUT2D eigenvalue weighted by Crippen LogP contribution is -2.33. The highest BCUT2D eigenvalue weighted by molar-refractivity contribution is 5.97. The normalized spacial score (nSPS) is 14.7. The van der Waals surface area contributed by atoms with Crippen LogP contribution in [0.5, 0.6) is 0 Å². The number of hydrogen-bond donors (Lipinski definition) is 2. The Kier molecular flexibility index (Phi) is 8.07. The average molecular weight is 531 g/mol. The van der Waals surface area contributed by atoms with E-state index in [1.165, 1.54) is 14.2 Å². The first kappa shape index (κ1) is 26.5. The fraction of sp³-hybridized carbons (Fsp3) is 0.118. The fourth-order valence-electron chi connectivity index (χ4n) is 4.77. The molecule has 2 N–H and O–H groups in total. The second kappa shape index (κ2) is 12.2. The molecular formula is C34H30N2O4. The number of ether oxygens (including phenoxy) is 2. The molecule has 0 saturated heterocycles. The van der Waals surface area contributed by atoms with E-state index in [0.29, 0.717) is 16.8 Å². The number of carbonyl (C=O) groups excluding carboxylic acids is 2. The highest BCUT2D eigenvalue weighted by Gasteiger charge is 2.32. The Bertz CT molecular complexity index is 1540. The molecular weight excluding hydrogens is 500 g/mol. The van der Waals surface area contributed by atoms with Crippen molar-refractivity contribution in [3.63, 3.8) is 0 Å². The van der Waals surface area contributed by atoms with Crippen LogP contribution in [0, 0.1) is 0 Å². The van der Waals surface area contributed by atoms with Gasteiger partial charge in [-0.25, -0.2) is 9.59 Å². The molecule has 5 rings (SSSR count). The Morgan fingerprint density at radius 3 is 1.60 bits per heavy atom. The van der Waals surface area contributed by atoms with E-state index in [9.17, 15) is 9.59 Å². The van der Waals surface area contributed by atoms with Crippen LogP contribution >= 0.6 is 0 Å². The summed E-state index contributed by atoms with van der Waals surface area (Å²) in [5.74, 6) is -0.934. The zero-order chi connectivity index (χ0) is 27.9. The number of esters is 2. The van der Waals surface area contributed by atoms with Gasteiger partial charge in [-0.3, -0.25) is 0 Å². The molecule has 6 heteroatoms. The van der Waals surface area contributed by atoms with Crippen LogP contribution < -0.4 is 10.6 Å². The molecule has 0 spiro atoms. The molecule has 0 bridgehead atoms. The largest absolute Gasteiger partial charge is 0.466 e. The van der Waals surface area contributed by atoms with Gasteiger partial charge in [-0.2, -0.15) is 0 Å². The van der Waals surface area contributed by atoms with Crippen molar-refractivity contribution in [3.05, 3.63) is 132 Å². The maximum Gasteiger partial charge on any atom is 0.335 e. The topological polar surface area (TPSA) is 76.7 Å². The van der Waals surface area contributed by atoms with Gasteiger partial charge in [-0.15, -0.1) is 0 Å². The van der Waals surface area contributed by atoms with Gasteiger partial charge < -0.3 is 20.1 Å². The second-order valence-electron chi connectivity index (χ2n) is 9.39. The maximum atomic E-state index is 12.9. The van der Waals surface area contributed by atoms with Crippen molar-refractivity contribution in [3.8, 4) is 22.3 Å². The van der Waals surface area contributed by atoms with Crippen LogP contribution in [0.4, 0.5) is 11.4 Å². The van der Waals surface area contributed by atoms with Gasteiger partial charge in [0.25, 0.3) is 0 Å². The summed E-state index contributed by atoms with van der Waals surface area (Å²) >= 11 is 0. The number of methoxy groups -OCH3 is 2. The van der Waals surface area contributed by atoms with Crippen LogP contribution in [0.25, 0.3) is 22.3 Å². The highest BCUT2D eigenvalue weighted by Crippen LogP contribution is 2.31. The van der Waals surface area contributed by atoms with E-state index >= 15 is 0 Å². The minimum Gasteiger partial charge on any atom is -0.466 e. The summed E-state index contributed by atoms with van der Waals surface area (Å²) in [5.41, 5.74) is 7.31. The molecule has 0 radical (unpaired) electrons. The summed E-state index contributed by atoms with van der Waals surface area (Å²) in [5, 5.41) is 6.72. The number of anilines is 2. The smallest absolute Gasteiger partial charge is 0.335 e. The van der Waals surface area contributed by atoms with Crippen molar-refractivity contribution < 1.29 is 19.1 Å². The summed E-state index contributed by atoms with van der Waals surface area (Å²) in [6, 6.07) is 35.5. The van der Waals surface area contributed by atoms with E-state index < -0.39 is 18.0 Å². The molecule has 6 nitrogen and oxygen atoms in total. The third-order valence-corrected chi connectivity index (χ3v) is 6.87. The summed E-state index contributed by atoms with van der Waals surface area (Å²) in [4.78, 5) is 25.7. The number of hydrogen-bond acceptors (Lipinski definition) is 6. The zero-order valence-electron chi connectivity index (χ0n) is 22.4. The third-order valence-electron chi connectivity index (χ3n) is 6.87. The minimum absolute atomic E-state index is 0.235. The van der Waals surface area contributed by atoms with Crippen LogP contribution in [0.1, 0.15) is 6.42 Å². The van der Waals surface area contributed by atoms with Gasteiger partial charge in [0.15, 0.2) is 0 Å². The van der Waals surface area contributed by atoms with E-state index in [1.807, 2.05) is 84.9 Å². The molecule has 4 aromatic rings. The SMILES string of the molecule is COC(=O)C1=CC(Nc2ccc(-c3ccccc3)cc2)=C(C(=O)OC)CC1Nc1ccc(-c2ccccc2)cc1. The van der Waals surface area contributed by atoms with Crippen molar-refractivity contribution in [1.82, 2.24) is 0 Å². The minimum atomic E-state index is -0.491. The maximum absolute atomic E-state index is 12.9. The quantitative estimate of drug-likeness (QED) is 0.243. The molecule has 1 unspecified atom stereocenters. The molecule has 40 heavy (non-hydrogen) atoms. The second-order valence-corrected chi connectivity index (χ2v) is 9.39. The first-order valence-corrected chi connectivity index (χ1v) is 13.0. The number of benzene rings is 4. The van der Waals surface area contributed by atoms with Crippen LogP contribution in [0.2, 0.25) is 0 Å². The van der Waals surface area contributed by atoms with Gasteiger partial charge in [-0.05, 0) is 52.6 Å². The number of nitrogens with one attached hydrogen (secondary N) is 2. The molecule has 1 atom stereocenters. The number of rotatable bonds is 8. The Hall–Kier alpha value is -5.10. The predicted molar refractivity (Wildman–Crippen MR) is 159 cm³/mol. The lowest BCUT2D eigenvalue weighted by Gasteiger charge is -2.28. The van der Waals surface area contributed by atoms with E-state index in [1.54, 1.807) is 6.08 Å². The average Bonchev–Trinajstić information content (AvgIpc) is 3.02. The van der Waals surface area contributed by atoms with E-state index in [4.69, 9.17) is 9.47 Å². The van der Waals surface area contributed by atoms with Crippen LogP contribution in [0.3, 0.4) is 0 Å². The van der Waals surface area contributed by atoms with Gasteiger partial charge in [0.2, 0.25) is 0 Å². The van der Waals surface area contributed by atoms with Crippen LogP contribution in [-0.4, -0.2) is 32.2 Å². The van der Waals surface area contributed by atoms with Crippen molar-refractivity contribution >= 4 is 23.3 Å². The third kappa shape index (κ3) is 5.97. The summed E-state index contributed by atoms with van der Waals surface area (Å²) in [7, 11) is 2.70. The highest BCUT2D eigenvalue weighted by atomic mass is 16.5. The Morgan fingerprint density at radius 2 is 1.10 bits per heavy atom. The molecule has 0 fully saturated rings. The van der Waals surface area contributed by atoms with Gasteiger partial charge >= 0.3 is 11.9 Å². The van der Waals surface area contributed by atoms with E-state index in [-0.39, 0.29) is 6.42 Å². The van der Waals surface area contributed by atoms with Crippen LogP contribution in [-0.2, 0) is 19.1 Å². The standard InChI is InChI=1S/C34H30N2O4/c1-39-33(37)29-21-32(36-28-19-15-26(16-20-28)24-11-7-4-8-12-24)30(34(38)40-2)22-31(29)35-27-17-13-25(14-18-27)23-9-5-3-6-10-23/h3-21,31,35-36H,22H2,1-2H3. The molecule has 0 heterocycles. The molecule has 0 saturated carbocycles. The van der Waals surface area contributed by atoms with Gasteiger partial charge in [0, 0.05) is 23.5 Å². The molecule has 1 aliphatic rings. The van der Waals surface area contributed by atoms with Crippen molar-refractivity contribution in [2.75, 3.05) is 24.9 Å². The molecule has 0 amide bonds. The van der Waals surface area contributed by atoms with Crippen molar-refractivity contribution in [1.29, 1.82) is 0 Å². The Labute approximate surface area is 234 Å². The first-order valence-electron chi connectivity index (χ1n) is 13.0. The Morgan fingerprint density at radius 1 is 0.625 bits per heavy atom. The van der Waals surface area contributed by atoms with Crippen molar-refractivity contribution in [2.24, 2.45) is 0 Å². The lowest BCUT2D eigenvalue weighted by molar-refractivity contribution is -0.138. The van der Waals surface area contributed by atoms with E-state index in [2.05, 4.69) is 34.9 Å². The van der Waals surface area contributed by atoms with Crippen LogP contribution in [0.15, 0.2) is 132 Å². The monoisotopic (exact) mass is 530 g/mol. The van der Waals surface area contributed by atoms with Gasteiger partial charge in [0.05, 0.1) is 31.4 Å². The molecule has 0 aromatic heterocycles. The molecule has 200 valence electrons. The molecule has 0 aliphatic heterocycles. The number of allylic oxidation sites excluding steroid dienone is 1. The molecule has 1 aliphatic carbocycles. The Balaban J connectivity index is 1.41.